The molecule has 0 atom stereocenters. The molecule has 0 aromatic heterocycles. The molecule has 0 unspecified atom stereocenters. The van der Waals surface area contributed by atoms with Gasteiger partial charge in [0.05, 0.1) is 5.69 Å². The lowest BCUT2D eigenvalue weighted by Crippen LogP contribution is -2.53. The average Bonchev–Trinajstić information content (AvgIpc) is 2.56. The Balaban J connectivity index is 1.28. The smallest absolute Gasteiger partial charge is 0.226 e. The van der Waals surface area contributed by atoms with Gasteiger partial charge in [0, 0.05) is 24.4 Å². The summed E-state index contributed by atoms with van der Waals surface area (Å²) in [7, 11) is 0. The van der Waals surface area contributed by atoms with Crippen molar-refractivity contribution in [3.05, 3.63) is 29.8 Å². The minimum absolute atomic E-state index is 0.0520. The Labute approximate surface area is 151 Å². The molecular weight excluding hydrogens is 338 g/mol. The van der Waals surface area contributed by atoms with Crippen LogP contribution in [0.5, 0.6) is 0 Å². The first kappa shape index (κ1) is 17.4. The number of nitrogens with one attached hydrogen (secondary N) is 2. The zero-order valence-corrected chi connectivity index (χ0v) is 14.7. The lowest BCUT2D eigenvalue weighted by atomic mass is 9.49. The highest BCUT2D eigenvalue weighted by molar-refractivity contribution is 5.91. The van der Waals surface area contributed by atoms with Crippen molar-refractivity contribution in [3.63, 3.8) is 0 Å². The van der Waals surface area contributed by atoms with Crippen LogP contribution in [-0.2, 0) is 9.59 Å². The zero-order valence-electron chi connectivity index (χ0n) is 14.7. The number of amides is 2. The quantitative estimate of drug-likeness (QED) is 0.840. The van der Waals surface area contributed by atoms with Crippen LogP contribution in [0.2, 0.25) is 0 Å². The van der Waals surface area contributed by atoms with Crippen molar-refractivity contribution in [2.24, 2.45) is 23.2 Å². The van der Waals surface area contributed by atoms with Gasteiger partial charge in [-0.1, -0.05) is 0 Å². The number of carbonyl (C=O) groups excluding carboxylic acids is 2. The lowest BCUT2D eigenvalue weighted by Gasteiger charge is -2.55. The number of hydrogen-bond donors (Lipinski definition) is 2. The number of rotatable bonds is 5. The van der Waals surface area contributed by atoms with Crippen LogP contribution in [0.25, 0.3) is 0 Å². The monoisotopic (exact) mass is 362 g/mol. The maximum absolute atomic E-state index is 13.6. The molecule has 1 aromatic carbocycles. The fourth-order valence-corrected chi connectivity index (χ4v) is 5.67. The SMILES string of the molecule is O=C(CCNC(=O)C12CC3CC(CC(C3)C1)C2)Nc1ccc(F)cc1F. The highest BCUT2D eigenvalue weighted by Crippen LogP contribution is 2.60. The van der Waals surface area contributed by atoms with Gasteiger partial charge in [-0.05, 0) is 68.4 Å². The van der Waals surface area contributed by atoms with E-state index in [1.54, 1.807) is 0 Å². The molecule has 1 aromatic rings. The van der Waals surface area contributed by atoms with Crippen molar-refractivity contribution in [1.29, 1.82) is 0 Å². The largest absolute Gasteiger partial charge is 0.355 e. The van der Waals surface area contributed by atoms with Gasteiger partial charge in [-0.3, -0.25) is 9.59 Å². The number of anilines is 1. The van der Waals surface area contributed by atoms with Crippen molar-refractivity contribution in [2.45, 2.75) is 44.9 Å². The molecule has 4 nitrogen and oxygen atoms in total. The third-order valence-corrected chi connectivity index (χ3v) is 6.36. The Morgan fingerprint density at radius 1 is 1.04 bits per heavy atom. The second-order valence-corrected chi connectivity index (χ2v) is 8.38. The Hall–Kier alpha value is -1.98. The Morgan fingerprint density at radius 2 is 1.65 bits per heavy atom. The minimum atomic E-state index is -0.809. The normalized spacial score (nSPS) is 31.7. The van der Waals surface area contributed by atoms with Gasteiger partial charge >= 0.3 is 0 Å². The molecule has 4 aliphatic rings. The van der Waals surface area contributed by atoms with E-state index >= 15 is 0 Å². The number of benzene rings is 1. The summed E-state index contributed by atoms with van der Waals surface area (Å²) in [4.78, 5) is 24.7. The first-order valence-corrected chi connectivity index (χ1v) is 9.47. The third kappa shape index (κ3) is 3.33. The van der Waals surface area contributed by atoms with Gasteiger partial charge in [0.1, 0.15) is 11.6 Å². The summed E-state index contributed by atoms with van der Waals surface area (Å²) < 4.78 is 26.4. The van der Waals surface area contributed by atoms with Crippen LogP contribution in [0.4, 0.5) is 14.5 Å². The molecule has 6 heteroatoms. The van der Waals surface area contributed by atoms with Crippen molar-refractivity contribution in [1.82, 2.24) is 5.32 Å². The predicted molar refractivity (Wildman–Crippen MR) is 93.2 cm³/mol. The van der Waals surface area contributed by atoms with Crippen LogP contribution in [-0.4, -0.2) is 18.4 Å². The van der Waals surface area contributed by atoms with E-state index in [4.69, 9.17) is 0 Å². The van der Waals surface area contributed by atoms with Crippen LogP contribution in [0.1, 0.15) is 44.9 Å². The fraction of sp³-hybridized carbons (Fsp3) is 0.600. The summed E-state index contributed by atoms with van der Waals surface area (Å²) in [5.41, 5.74) is -0.280. The molecule has 4 fully saturated rings. The summed E-state index contributed by atoms with van der Waals surface area (Å²) in [5, 5.41) is 5.34. The Bertz CT molecular complexity index is 699. The standard InChI is InChI=1S/C20H24F2N2O2/c21-15-1-2-17(16(22)8-15)24-18(25)3-4-23-19(26)20-9-12-5-13(10-20)7-14(6-12)11-20/h1-2,8,12-14H,3-7,9-11H2,(H,23,26)(H,24,25). The lowest BCUT2D eigenvalue weighted by molar-refractivity contribution is -0.146. The van der Waals surface area contributed by atoms with Crippen LogP contribution in [0.15, 0.2) is 18.2 Å². The molecular formula is C20H24F2N2O2. The molecule has 0 radical (unpaired) electrons. The molecule has 2 amide bonds. The second kappa shape index (κ2) is 6.63. The van der Waals surface area contributed by atoms with Gasteiger partial charge in [0.2, 0.25) is 11.8 Å². The van der Waals surface area contributed by atoms with Gasteiger partial charge < -0.3 is 10.6 Å². The number of carbonyl (C=O) groups is 2. The van der Waals surface area contributed by atoms with Crippen LogP contribution in [0.3, 0.4) is 0 Å². The molecule has 0 aliphatic heterocycles. The molecule has 4 bridgehead atoms. The first-order chi connectivity index (χ1) is 12.4. The van der Waals surface area contributed by atoms with Crippen molar-refractivity contribution >= 4 is 17.5 Å². The summed E-state index contributed by atoms with van der Waals surface area (Å²) >= 11 is 0. The van der Waals surface area contributed by atoms with E-state index in [9.17, 15) is 18.4 Å². The van der Waals surface area contributed by atoms with Gasteiger partial charge in [-0.15, -0.1) is 0 Å². The summed E-state index contributed by atoms with van der Waals surface area (Å²) in [6.07, 6.45) is 6.84. The third-order valence-electron chi connectivity index (χ3n) is 6.36. The number of halogens is 2. The van der Waals surface area contributed by atoms with E-state index in [1.807, 2.05) is 0 Å². The molecule has 0 spiro atoms. The van der Waals surface area contributed by atoms with E-state index in [0.717, 1.165) is 31.4 Å². The maximum Gasteiger partial charge on any atom is 0.226 e. The average molecular weight is 362 g/mol. The molecule has 0 saturated heterocycles. The Morgan fingerprint density at radius 3 is 2.23 bits per heavy atom. The van der Waals surface area contributed by atoms with Crippen LogP contribution in [0, 0.1) is 34.8 Å². The fourth-order valence-electron chi connectivity index (χ4n) is 5.67. The zero-order chi connectivity index (χ0) is 18.3. The van der Waals surface area contributed by atoms with E-state index in [2.05, 4.69) is 10.6 Å². The predicted octanol–water partition coefficient (Wildman–Crippen LogP) is 3.63. The van der Waals surface area contributed by atoms with Crippen LogP contribution >= 0.6 is 0 Å². The summed E-state index contributed by atoms with van der Waals surface area (Å²) in [5.74, 6) is 0.253. The van der Waals surface area contributed by atoms with Crippen LogP contribution < -0.4 is 10.6 Å². The molecule has 5 rings (SSSR count). The highest BCUT2D eigenvalue weighted by Gasteiger charge is 2.54. The molecule has 140 valence electrons. The van der Waals surface area contributed by atoms with Crippen molar-refractivity contribution < 1.29 is 18.4 Å². The van der Waals surface area contributed by atoms with Gasteiger partial charge in [0.25, 0.3) is 0 Å². The minimum Gasteiger partial charge on any atom is -0.355 e. The van der Waals surface area contributed by atoms with E-state index in [-0.39, 0.29) is 30.0 Å². The van der Waals surface area contributed by atoms with Gasteiger partial charge in [0.15, 0.2) is 0 Å². The molecule has 26 heavy (non-hydrogen) atoms. The van der Waals surface area contributed by atoms with Crippen molar-refractivity contribution in [3.8, 4) is 0 Å². The summed E-state index contributed by atoms with van der Waals surface area (Å²) in [6.45, 7) is 0.231. The topological polar surface area (TPSA) is 58.2 Å². The second-order valence-electron chi connectivity index (χ2n) is 8.38. The first-order valence-electron chi connectivity index (χ1n) is 9.47. The molecule has 2 N–H and O–H groups in total. The molecule has 0 heterocycles. The van der Waals surface area contributed by atoms with Gasteiger partial charge in [-0.25, -0.2) is 8.78 Å². The summed E-state index contributed by atoms with van der Waals surface area (Å²) in [6, 6.07) is 3.01. The number of hydrogen-bond acceptors (Lipinski definition) is 2. The van der Waals surface area contributed by atoms with E-state index in [0.29, 0.717) is 17.8 Å². The highest BCUT2D eigenvalue weighted by atomic mass is 19.1. The van der Waals surface area contributed by atoms with Gasteiger partial charge in [-0.2, -0.15) is 0 Å². The molecule has 4 saturated carbocycles. The maximum atomic E-state index is 13.6. The van der Waals surface area contributed by atoms with E-state index in [1.165, 1.54) is 25.3 Å². The Kier molecular flexibility index (Phi) is 4.45. The molecule has 4 aliphatic carbocycles. The van der Waals surface area contributed by atoms with E-state index < -0.39 is 17.5 Å². The van der Waals surface area contributed by atoms with Crippen molar-refractivity contribution in [2.75, 3.05) is 11.9 Å².